The number of nitrogens with zero attached hydrogens (tertiary/aromatic N) is 3. The highest BCUT2D eigenvalue weighted by atomic mass is 32.1. The summed E-state index contributed by atoms with van der Waals surface area (Å²) >= 11 is 1.26. The van der Waals surface area contributed by atoms with Gasteiger partial charge in [-0.15, -0.1) is 11.3 Å². The zero-order valence-corrected chi connectivity index (χ0v) is 11.6. The van der Waals surface area contributed by atoms with Crippen LogP contribution in [0.2, 0.25) is 0 Å². The lowest BCUT2D eigenvalue weighted by Crippen LogP contribution is -1.89. The molecule has 0 bridgehead atoms. The van der Waals surface area contributed by atoms with E-state index in [2.05, 4.69) is 10.1 Å². The van der Waals surface area contributed by atoms with Gasteiger partial charge in [0.15, 0.2) is 11.6 Å². The zero-order valence-electron chi connectivity index (χ0n) is 10.8. The highest BCUT2D eigenvalue weighted by Gasteiger charge is 2.14. The van der Waals surface area contributed by atoms with E-state index >= 15 is 0 Å². The molecule has 5 nitrogen and oxygen atoms in total. The largest absolute Gasteiger partial charge is 0.494 e. The maximum Gasteiger partial charge on any atom is 0.268 e. The summed E-state index contributed by atoms with van der Waals surface area (Å²) in [4.78, 5) is 5.52. The Bertz CT molecular complexity index is 835. The van der Waals surface area contributed by atoms with Crippen molar-refractivity contribution >= 4 is 11.3 Å². The van der Waals surface area contributed by atoms with Crippen molar-refractivity contribution in [2.24, 2.45) is 0 Å². The molecule has 0 fully saturated rings. The van der Waals surface area contributed by atoms with Gasteiger partial charge >= 0.3 is 0 Å². The third-order valence-corrected chi connectivity index (χ3v) is 3.74. The number of methoxy groups -OCH3 is 1. The van der Waals surface area contributed by atoms with E-state index < -0.39 is 5.82 Å². The summed E-state index contributed by atoms with van der Waals surface area (Å²) in [7, 11) is 1.39. The van der Waals surface area contributed by atoms with Crippen LogP contribution >= 0.6 is 11.3 Å². The lowest BCUT2D eigenvalue weighted by atomic mass is 10.2. The van der Waals surface area contributed by atoms with Crippen molar-refractivity contribution in [3.8, 4) is 34.0 Å². The normalized spacial score (nSPS) is 10.3. The van der Waals surface area contributed by atoms with Crippen molar-refractivity contribution in [1.29, 1.82) is 5.26 Å². The van der Waals surface area contributed by atoms with E-state index in [-0.39, 0.29) is 5.75 Å². The lowest BCUT2D eigenvalue weighted by Gasteiger charge is -2.02. The molecule has 0 amide bonds. The molecule has 0 saturated heterocycles. The van der Waals surface area contributed by atoms with E-state index in [0.29, 0.717) is 27.0 Å². The summed E-state index contributed by atoms with van der Waals surface area (Å²) in [6.07, 6.45) is 0. The van der Waals surface area contributed by atoms with Crippen LogP contribution in [0.1, 0.15) is 4.88 Å². The lowest BCUT2D eigenvalue weighted by molar-refractivity contribution is 0.386. The first-order valence-corrected chi connectivity index (χ1v) is 6.71. The molecule has 0 atom stereocenters. The fourth-order valence-electron chi connectivity index (χ4n) is 1.75. The van der Waals surface area contributed by atoms with E-state index in [1.165, 1.54) is 30.6 Å². The number of hydrogen-bond acceptors (Lipinski definition) is 6. The second-order valence-electron chi connectivity index (χ2n) is 4.05. The van der Waals surface area contributed by atoms with Crippen LogP contribution in [0.3, 0.4) is 0 Å². The van der Waals surface area contributed by atoms with Gasteiger partial charge in [0, 0.05) is 5.56 Å². The van der Waals surface area contributed by atoms with Crippen LogP contribution in [-0.4, -0.2) is 17.3 Å². The van der Waals surface area contributed by atoms with Gasteiger partial charge in [0.1, 0.15) is 10.9 Å². The van der Waals surface area contributed by atoms with Gasteiger partial charge in [-0.2, -0.15) is 10.2 Å². The molecule has 104 valence electrons. The topological polar surface area (TPSA) is 71.9 Å². The number of benzene rings is 1. The van der Waals surface area contributed by atoms with E-state index in [0.717, 1.165) is 0 Å². The number of nitriles is 1. The van der Waals surface area contributed by atoms with Crippen LogP contribution in [0.25, 0.3) is 22.2 Å². The average molecular weight is 301 g/mol. The molecule has 3 rings (SSSR count). The van der Waals surface area contributed by atoms with Crippen LogP contribution in [0.4, 0.5) is 4.39 Å². The highest BCUT2D eigenvalue weighted by Crippen LogP contribution is 2.29. The van der Waals surface area contributed by atoms with Crippen LogP contribution in [0, 0.1) is 17.1 Å². The average Bonchev–Trinajstić information content (AvgIpc) is 3.16. The molecular formula is C14H8FN3O2S. The van der Waals surface area contributed by atoms with Crippen LogP contribution in [-0.2, 0) is 0 Å². The Kier molecular flexibility index (Phi) is 3.38. The van der Waals surface area contributed by atoms with Gasteiger partial charge in [-0.05, 0) is 30.3 Å². The number of thiophene rings is 1. The smallest absolute Gasteiger partial charge is 0.268 e. The number of aromatic nitrogens is 2. The summed E-state index contributed by atoms with van der Waals surface area (Å²) in [6, 6.07) is 9.80. The monoisotopic (exact) mass is 301 g/mol. The maximum absolute atomic E-state index is 13.4. The van der Waals surface area contributed by atoms with E-state index in [1.807, 2.05) is 6.07 Å². The summed E-state index contributed by atoms with van der Waals surface area (Å²) < 4.78 is 23.5. The Morgan fingerprint density at radius 3 is 2.90 bits per heavy atom. The van der Waals surface area contributed by atoms with Crippen molar-refractivity contribution < 1.29 is 13.7 Å². The van der Waals surface area contributed by atoms with Crippen molar-refractivity contribution in [2.75, 3.05) is 7.11 Å². The van der Waals surface area contributed by atoms with Gasteiger partial charge in [0.2, 0.25) is 5.82 Å². The molecule has 1 aromatic carbocycles. The summed E-state index contributed by atoms with van der Waals surface area (Å²) in [5.74, 6) is 0.304. The first-order valence-electron chi connectivity index (χ1n) is 5.89. The second kappa shape index (κ2) is 5.34. The molecule has 2 aromatic heterocycles. The minimum absolute atomic E-state index is 0.113. The molecule has 0 saturated carbocycles. The summed E-state index contributed by atoms with van der Waals surface area (Å²) in [5.41, 5.74) is 0.584. The third kappa shape index (κ3) is 2.49. The minimum Gasteiger partial charge on any atom is -0.494 e. The summed E-state index contributed by atoms with van der Waals surface area (Å²) in [6.45, 7) is 0. The predicted octanol–water partition coefficient (Wildman–Crippen LogP) is 3.48. The van der Waals surface area contributed by atoms with E-state index in [9.17, 15) is 4.39 Å². The van der Waals surface area contributed by atoms with Crippen molar-refractivity contribution in [3.05, 3.63) is 41.0 Å². The standard InChI is InChI=1S/C14H8FN3O2S/c1-19-11-6-8(2-4-10(11)15)13-17-14(20-18-13)12-5-3-9(7-16)21-12/h2-6H,1H3. The fraction of sp³-hybridized carbons (Fsp3) is 0.0714. The van der Waals surface area contributed by atoms with Gasteiger partial charge in [-0.1, -0.05) is 5.16 Å². The Morgan fingerprint density at radius 1 is 1.33 bits per heavy atom. The van der Waals surface area contributed by atoms with Crippen molar-refractivity contribution in [2.45, 2.75) is 0 Å². The molecule has 3 aromatic rings. The number of hydrogen-bond donors (Lipinski definition) is 0. The molecule has 0 aliphatic rings. The Labute approximate surface area is 123 Å². The number of rotatable bonds is 3. The molecule has 21 heavy (non-hydrogen) atoms. The Hall–Kier alpha value is -2.72. The van der Waals surface area contributed by atoms with Gasteiger partial charge < -0.3 is 9.26 Å². The molecule has 0 aliphatic carbocycles. The van der Waals surface area contributed by atoms with E-state index in [4.69, 9.17) is 14.5 Å². The Morgan fingerprint density at radius 2 is 2.19 bits per heavy atom. The van der Waals surface area contributed by atoms with E-state index in [1.54, 1.807) is 18.2 Å². The van der Waals surface area contributed by atoms with Gasteiger partial charge in [0.25, 0.3) is 5.89 Å². The summed E-state index contributed by atoms with van der Waals surface area (Å²) in [5, 5.41) is 12.7. The van der Waals surface area contributed by atoms with Gasteiger partial charge in [-0.3, -0.25) is 0 Å². The third-order valence-electron chi connectivity index (χ3n) is 2.76. The van der Waals surface area contributed by atoms with Gasteiger partial charge in [0.05, 0.1) is 12.0 Å². The minimum atomic E-state index is -0.457. The zero-order chi connectivity index (χ0) is 14.8. The molecule has 0 spiro atoms. The second-order valence-corrected chi connectivity index (χ2v) is 5.13. The molecule has 7 heteroatoms. The first-order chi connectivity index (χ1) is 10.2. The molecular weight excluding hydrogens is 293 g/mol. The van der Waals surface area contributed by atoms with Crippen molar-refractivity contribution in [3.63, 3.8) is 0 Å². The van der Waals surface area contributed by atoms with Crippen molar-refractivity contribution in [1.82, 2.24) is 10.1 Å². The molecule has 0 unspecified atom stereocenters. The molecule has 0 radical (unpaired) electrons. The fourth-order valence-corrected chi connectivity index (χ4v) is 2.48. The molecule has 0 N–H and O–H groups in total. The maximum atomic E-state index is 13.4. The number of halogens is 1. The Balaban J connectivity index is 1.96. The predicted molar refractivity (Wildman–Crippen MR) is 74.3 cm³/mol. The highest BCUT2D eigenvalue weighted by molar-refractivity contribution is 7.15. The van der Waals surface area contributed by atoms with Crippen LogP contribution in [0.15, 0.2) is 34.9 Å². The number of ether oxygens (including phenoxy) is 1. The van der Waals surface area contributed by atoms with Crippen LogP contribution < -0.4 is 4.74 Å². The van der Waals surface area contributed by atoms with Crippen LogP contribution in [0.5, 0.6) is 5.75 Å². The van der Waals surface area contributed by atoms with Gasteiger partial charge in [-0.25, -0.2) is 4.39 Å². The molecule has 2 heterocycles. The quantitative estimate of drug-likeness (QED) is 0.740. The SMILES string of the molecule is COc1cc(-c2noc(-c3ccc(C#N)s3)n2)ccc1F. The molecule has 0 aliphatic heterocycles. The first kappa shape index (κ1) is 13.3.